The molecule has 26 heavy (non-hydrogen) atoms. The van der Waals surface area contributed by atoms with Crippen molar-refractivity contribution in [3.8, 4) is 17.6 Å². The molecule has 0 aliphatic carbocycles. The van der Waals surface area contributed by atoms with E-state index in [0.717, 1.165) is 22.9 Å². The van der Waals surface area contributed by atoms with E-state index in [2.05, 4.69) is 29.1 Å². The molecule has 1 heterocycles. The fourth-order valence-electron chi connectivity index (χ4n) is 2.53. The second-order valence-corrected chi connectivity index (χ2v) is 7.66. The second kappa shape index (κ2) is 8.66. The molecule has 0 aliphatic rings. The van der Waals surface area contributed by atoms with Gasteiger partial charge in [0.1, 0.15) is 5.75 Å². The summed E-state index contributed by atoms with van der Waals surface area (Å²) in [5.41, 5.74) is 0.513. The molecule has 1 amide bonds. The Bertz CT molecular complexity index is 871. The van der Waals surface area contributed by atoms with Crippen molar-refractivity contribution in [1.82, 2.24) is 10.3 Å². The Morgan fingerprint density at radius 3 is 2.77 bits per heavy atom. The van der Waals surface area contributed by atoms with Gasteiger partial charge in [-0.1, -0.05) is 24.4 Å². The predicted octanol–water partition coefficient (Wildman–Crippen LogP) is 4.44. The largest absolute Gasteiger partial charge is 0.470 e. The molecular weight excluding hydrogens is 368 g/mol. The van der Waals surface area contributed by atoms with Crippen LogP contribution in [0.2, 0.25) is 5.02 Å². The summed E-state index contributed by atoms with van der Waals surface area (Å²) in [7, 11) is 0. The van der Waals surface area contributed by atoms with E-state index >= 15 is 0 Å². The number of hydrogen-bond acceptors (Lipinski definition) is 4. The van der Waals surface area contributed by atoms with E-state index in [0.29, 0.717) is 10.8 Å². The quantitative estimate of drug-likeness (QED) is 0.585. The first-order valence-corrected chi connectivity index (χ1v) is 9.99. The fourth-order valence-corrected chi connectivity index (χ4v) is 3.28. The molecule has 6 heteroatoms. The van der Waals surface area contributed by atoms with Crippen LogP contribution in [0.1, 0.15) is 33.3 Å². The van der Waals surface area contributed by atoms with E-state index < -0.39 is 11.0 Å². The lowest BCUT2D eigenvalue weighted by molar-refractivity contribution is -0.125. The normalized spacial score (nSPS) is 12.2. The fraction of sp³-hybridized carbons (Fsp3) is 0.400. The van der Waals surface area contributed by atoms with Crippen molar-refractivity contribution in [2.24, 2.45) is 0 Å². The average Bonchev–Trinajstić information content (AvgIpc) is 2.58. The van der Waals surface area contributed by atoms with Gasteiger partial charge < -0.3 is 10.1 Å². The number of amides is 1. The van der Waals surface area contributed by atoms with Crippen LogP contribution in [-0.2, 0) is 11.2 Å². The number of rotatable bonds is 6. The van der Waals surface area contributed by atoms with Crippen LogP contribution >= 0.6 is 23.4 Å². The lowest BCUT2D eigenvalue weighted by Crippen LogP contribution is -2.47. The van der Waals surface area contributed by atoms with Crippen molar-refractivity contribution in [2.45, 2.75) is 45.1 Å². The van der Waals surface area contributed by atoms with Crippen molar-refractivity contribution in [3.63, 3.8) is 0 Å². The van der Waals surface area contributed by atoms with E-state index in [4.69, 9.17) is 16.3 Å². The summed E-state index contributed by atoms with van der Waals surface area (Å²) in [5.74, 6) is 6.09. The molecule has 0 saturated carbocycles. The SMILES string of the molecule is CC#CC(C)(C)NC(=O)C(Oc1cc(Cl)c2ncc(CC)cc2c1)SC. The number of pyridine rings is 1. The third kappa shape index (κ3) is 5.06. The van der Waals surface area contributed by atoms with Crippen LogP contribution < -0.4 is 10.1 Å². The summed E-state index contributed by atoms with van der Waals surface area (Å²) < 4.78 is 5.90. The maximum absolute atomic E-state index is 12.5. The molecule has 1 N–H and O–H groups in total. The van der Waals surface area contributed by atoms with Gasteiger partial charge >= 0.3 is 0 Å². The highest BCUT2D eigenvalue weighted by Gasteiger charge is 2.25. The average molecular weight is 391 g/mol. The summed E-state index contributed by atoms with van der Waals surface area (Å²) in [4.78, 5) is 17.0. The highest BCUT2D eigenvalue weighted by atomic mass is 35.5. The van der Waals surface area contributed by atoms with Gasteiger partial charge in [0, 0.05) is 17.6 Å². The Morgan fingerprint density at radius 1 is 1.42 bits per heavy atom. The van der Waals surface area contributed by atoms with E-state index in [1.165, 1.54) is 11.8 Å². The number of nitrogens with one attached hydrogen (secondary N) is 1. The van der Waals surface area contributed by atoms with Gasteiger partial charge in [0.2, 0.25) is 5.44 Å². The standard InChI is InChI=1S/C20H23ClN2O2S/c1-6-8-20(3,4)23-18(24)19(26-5)25-15-10-14-9-13(7-2)12-22-17(14)16(21)11-15/h9-12,19H,7H2,1-5H3,(H,23,24). The van der Waals surface area contributed by atoms with Crippen molar-refractivity contribution >= 4 is 40.2 Å². The Morgan fingerprint density at radius 2 is 2.15 bits per heavy atom. The maximum atomic E-state index is 12.5. The second-order valence-electron chi connectivity index (χ2n) is 6.35. The number of carbonyl (C=O) groups is 1. The zero-order valence-corrected chi connectivity index (χ0v) is 17.2. The zero-order chi connectivity index (χ0) is 19.3. The molecule has 2 aromatic rings. The Kier molecular flexibility index (Phi) is 6.80. The first kappa shape index (κ1) is 20.4. The molecule has 1 aromatic heterocycles. The van der Waals surface area contributed by atoms with Crippen LogP contribution in [0.3, 0.4) is 0 Å². The van der Waals surface area contributed by atoms with Gasteiger partial charge in [0.15, 0.2) is 0 Å². The van der Waals surface area contributed by atoms with Crippen LogP contribution in [0.25, 0.3) is 10.9 Å². The van der Waals surface area contributed by atoms with Gasteiger partial charge in [0.25, 0.3) is 5.91 Å². The summed E-state index contributed by atoms with van der Waals surface area (Å²) >= 11 is 7.65. The lowest BCUT2D eigenvalue weighted by atomic mass is 10.1. The first-order chi connectivity index (χ1) is 12.3. The molecule has 138 valence electrons. The molecule has 0 spiro atoms. The van der Waals surface area contributed by atoms with Crippen LogP contribution in [0.4, 0.5) is 0 Å². The van der Waals surface area contributed by atoms with Gasteiger partial charge in [0.05, 0.1) is 16.1 Å². The van der Waals surface area contributed by atoms with Gasteiger partial charge in [-0.3, -0.25) is 9.78 Å². The van der Waals surface area contributed by atoms with Gasteiger partial charge in [-0.25, -0.2) is 0 Å². The minimum atomic E-state index is -0.705. The summed E-state index contributed by atoms with van der Waals surface area (Å²) in [6.45, 7) is 7.51. The third-order valence-corrected chi connectivity index (χ3v) is 4.75. The molecule has 0 bridgehead atoms. The Hall–Kier alpha value is -1.90. The number of hydrogen-bond donors (Lipinski definition) is 1. The third-order valence-electron chi connectivity index (χ3n) is 3.72. The highest BCUT2D eigenvalue weighted by molar-refractivity contribution is 7.99. The van der Waals surface area contributed by atoms with Crippen LogP contribution in [-0.4, -0.2) is 28.1 Å². The van der Waals surface area contributed by atoms with Crippen LogP contribution in [0, 0.1) is 11.8 Å². The predicted molar refractivity (Wildman–Crippen MR) is 110 cm³/mol. The van der Waals surface area contributed by atoms with Crippen molar-refractivity contribution in [1.29, 1.82) is 0 Å². The number of carbonyl (C=O) groups excluding carboxylic acids is 1. The monoisotopic (exact) mass is 390 g/mol. The molecule has 0 saturated heterocycles. The minimum absolute atomic E-state index is 0.234. The number of thioether (sulfide) groups is 1. The molecule has 1 aromatic carbocycles. The molecule has 2 rings (SSSR count). The van der Waals surface area contributed by atoms with Crippen LogP contribution in [0.15, 0.2) is 24.4 Å². The van der Waals surface area contributed by atoms with Crippen molar-refractivity contribution < 1.29 is 9.53 Å². The van der Waals surface area contributed by atoms with Crippen LogP contribution in [0.5, 0.6) is 5.75 Å². The maximum Gasteiger partial charge on any atom is 0.272 e. The molecule has 1 unspecified atom stereocenters. The number of aryl methyl sites for hydroxylation is 1. The number of fused-ring (bicyclic) bond motifs is 1. The molecule has 1 atom stereocenters. The van der Waals surface area contributed by atoms with E-state index in [1.54, 1.807) is 13.0 Å². The van der Waals surface area contributed by atoms with Crippen molar-refractivity contribution in [3.05, 3.63) is 35.0 Å². The molecule has 4 nitrogen and oxygen atoms in total. The molecule has 0 aliphatic heterocycles. The first-order valence-electron chi connectivity index (χ1n) is 8.33. The molecule has 0 fully saturated rings. The van der Waals surface area contributed by atoms with E-state index in [1.807, 2.05) is 38.4 Å². The summed E-state index contributed by atoms with van der Waals surface area (Å²) in [6.07, 6.45) is 4.53. The topological polar surface area (TPSA) is 51.2 Å². The smallest absolute Gasteiger partial charge is 0.272 e. The minimum Gasteiger partial charge on any atom is -0.470 e. The van der Waals surface area contributed by atoms with Gasteiger partial charge in [-0.05, 0) is 51.1 Å². The van der Waals surface area contributed by atoms with Gasteiger partial charge in [-0.2, -0.15) is 0 Å². The number of benzene rings is 1. The Labute approximate surface area is 164 Å². The summed E-state index contributed by atoms with van der Waals surface area (Å²) in [6, 6.07) is 5.59. The number of nitrogens with zero attached hydrogens (tertiary/aromatic N) is 1. The van der Waals surface area contributed by atoms with E-state index in [9.17, 15) is 4.79 Å². The number of halogens is 1. The lowest BCUT2D eigenvalue weighted by Gasteiger charge is -2.24. The number of ether oxygens (including phenoxy) is 1. The zero-order valence-electron chi connectivity index (χ0n) is 15.6. The Balaban J connectivity index is 2.26. The number of aromatic nitrogens is 1. The van der Waals surface area contributed by atoms with E-state index in [-0.39, 0.29) is 5.91 Å². The van der Waals surface area contributed by atoms with Gasteiger partial charge in [-0.15, -0.1) is 17.7 Å². The molecule has 0 radical (unpaired) electrons. The molecular formula is C20H23ClN2O2S. The summed E-state index contributed by atoms with van der Waals surface area (Å²) in [5, 5.41) is 4.29. The highest BCUT2D eigenvalue weighted by Crippen LogP contribution is 2.30. The van der Waals surface area contributed by atoms with Crippen molar-refractivity contribution in [2.75, 3.05) is 6.26 Å².